The second-order valence-electron chi connectivity index (χ2n) is 6.26. The number of amides is 2. The van der Waals surface area contributed by atoms with Gasteiger partial charge in [0.1, 0.15) is 6.04 Å². The minimum atomic E-state index is -0.909. The zero-order valence-electron chi connectivity index (χ0n) is 13.6. The van der Waals surface area contributed by atoms with Crippen molar-refractivity contribution in [1.29, 1.82) is 0 Å². The number of nitrogens with one attached hydrogen (secondary N) is 1. The summed E-state index contributed by atoms with van der Waals surface area (Å²) in [6, 6.07) is -0.400. The summed E-state index contributed by atoms with van der Waals surface area (Å²) >= 11 is 0. The molecule has 6 heteroatoms. The molecule has 0 spiro atoms. The first-order valence-corrected chi connectivity index (χ1v) is 7.82. The van der Waals surface area contributed by atoms with Crippen molar-refractivity contribution in [3.05, 3.63) is 0 Å². The van der Waals surface area contributed by atoms with Crippen LogP contribution in [-0.4, -0.2) is 65.7 Å². The van der Waals surface area contributed by atoms with Crippen molar-refractivity contribution in [3.8, 4) is 0 Å². The first-order chi connectivity index (χ1) is 9.84. The number of aliphatic carboxylic acids is 1. The predicted octanol–water partition coefficient (Wildman–Crippen LogP) is 1.61. The highest BCUT2D eigenvalue weighted by molar-refractivity contribution is 5.83. The largest absolute Gasteiger partial charge is 0.480 e. The molecule has 1 aliphatic heterocycles. The van der Waals surface area contributed by atoms with Crippen LogP contribution in [-0.2, 0) is 4.79 Å². The molecule has 0 aromatic heterocycles. The number of likely N-dealkylation sites (tertiary alicyclic amines) is 1. The minimum absolute atomic E-state index is 0.0212. The van der Waals surface area contributed by atoms with Gasteiger partial charge in [-0.15, -0.1) is 0 Å². The molecule has 0 bridgehead atoms. The standard InChI is InChI=1S/C15H29N3O3/c1-11(2)17(4)9-6-5-8-16-15(21)18-10-7-12(3)13(18)14(19)20/h11-13H,5-10H2,1-4H3,(H,16,21)(H,19,20). The van der Waals surface area contributed by atoms with Gasteiger partial charge >= 0.3 is 12.0 Å². The Bertz CT molecular complexity index is 360. The average Bonchev–Trinajstić information content (AvgIpc) is 2.79. The van der Waals surface area contributed by atoms with E-state index in [1.54, 1.807) is 0 Å². The highest BCUT2D eigenvalue weighted by Gasteiger charge is 2.39. The highest BCUT2D eigenvalue weighted by Crippen LogP contribution is 2.23. The summed E-state index contributed by atoms with van der Waals surface area (Å²) in [5.41, 5.74) is 0. The Hall–Kier alpha value is -1.30. The molecule has 1 rings (SSSR count). The van der Waals surface area contributed by atoms with Gasteiger partial charge in [-0.05, 0) is 52.6 Å². The number of carboxylic acid groups (broad SMARTS) is 1. The van der Waals surface area contributed by atoms with Crippen LogP contribution in [0.1, 0.15) is 40.0 Å². The van der Waals surface area contributed by atoms with Crippen molar-refractivity contribution in [2.24, 2.45) is 5.92 Å². The molecular weight excluding hydrogens is 270 g/mol. The molecule has 0 aromatic rings. The van der Waals surface area contributed by atoms with Crippen LogP contribution in [0.3, 0.4) is 0 Å². The quantitative estimate of drug-likeness (QED) is 0.701. The van der Waals surface area contributed by atoms with Crippen molar-refractivity contribution in [2.75, 3.05) is 26.7 Å². The lowest BCUT2D eigenvalue weighted by Gasteiger charge is -2.24. The maximum absolute atomic E-state index is 12.1. The van der Waals surface area contributed by atoms with Crippen molar-refractivity contribution >= 4 is 12.0 Å². The van der Waals surface area contributed by atoms with Crippen LogP contribution >= 0.6 is 0 Å². The summed E-state index contributed by atoms with van der Waals surface area (Å²) in [6.45, 7) is 8.33. The van der Waals surface area contributed by atoms with Crippen LogP contribution in [0.25, 0.3) is 0 Å². The van der Waals surface area contributed by atoms with Gasteiger partial charge in [0.25, 0.3) is 0 Å². The Morgan fingerprint density at radius 1 is 1.38 bits per heavy atom. The molecule has 1 aliphatic rings. The van der Waals surface area contributed by atoms with Gasteiger partial charge in [-0.3, -0.25) is 0 Å². The van der Waals surface area contributed by atoms with Gasteiger partial charge in [0.05, 0.1) is 0 Å². The number of unbranched alkanes of at least 4 members (excludes halogenated alkanes) is 1. The lowest BCUT2D eigenvalue weighted by atomic mass is 10.0. The maximum atomic E-state index is 12.1. The lowest BCUT2D eigenvalue weighted by Crippen LogP contribution is -2.47. The first kappa shape index (κ1) is 17.8. The topological polar surface area (TPSA) is 72.9 Å². The normalized spacial score (nSPS) is 22.1. The monoisotopic (exact) mass is 299 g/mol. The smallest absolute Gasteiger partial charge is 0.326 e. The molecule has 0 aromatic carbocycles. The maximum Gasteiger partial charge on any atom is 0.326 e. The minimum Gasteiger partial charge on any atom is -0.480 e. The number of urea groups is 1. The summed E-state index contributed by atoms with van der Waals surface area (Å²) in [5.74, 6) is -0.887. The third-order valence-electron chi connectivity index (χ3n) is 4.31. The first-order valence-electron chi connectivity index (χ1n) is 7.82. The number of hydrogen-bond acceptors (Lipinski definition) is 3. The van der Waals surface area contributed by atoms with E-state index in [0.717, 1.165) is 25.8 Å². The molecule has 2 amide bonds. The Morgan fingerprint density at radius 2 is 2.05 bits per heavy atom. The van der Waals surface area contributed by atoms with E-state index in [0.29, 0.717) is 19.1 Å². The summed E-state index contributed by atoms with van der Waals surface area (Å²) in [7, 11) is 2.09. The van der Waals surface area contributed by atoms with Crippen molar-refractivity contribution in [2.45, 2.75) is 52.1 Å². The number of carboxylic acids is 1. The molecule has 122 valence electrons. The number of nitrogens with zero attached hydrogens (tertiary/aromatic N) is 2. The second kappa shape index (κ2) is 8.22. The molecule has 0 aliphatic carbocycles. The van der Waals surface area contributed by atoms with Gasteiger partial charge in [-0.2, -0.15) is 0 Å². The van der Waals surface area contributed by atoms with Crippen LogP contribution in [0.4, 0.5) is 4.79 Å². The summed E-state index contributed by atoms with van der Waals surface area (Å²) in [4.78, 5) is 27.0. The average molecular weight is 299 g/mol. The van der Waals surface area contributed by atoms with Gasteiger partial charge < -0.3 is 20.2 Å². The molecular formula is C15H29N3O3. The summed E-state index contributed by atoms with van der Waals surface area (Å²) < 4.78 is 0. The Balaban J connectivity index is 2.26. The van der Waals surface area contributed by atoms with Crippen LogP contribution in [0.15, 0.2) is 0 Å². The molecule has 1 saturated heterocycles. The number of hydrogen-bond donors (Lipinski definition) is 2. The van der Waals surface area contributed by atoms with Gasteiger partial charge in [-0.1, -0.05) is 6.92 Å². The summed E-state index contributed by atoms with van der Waals surface area (Å²) in [6.07, 6.45) is 2.68. The molecule has 2 unspecified atom stereocenters. The molecule has 2 atom stereocenters. The molecule has 2 N–H and O–H groups in total. The van der Waals surface area contributed by atoms with Crippen molar-refractivity contribution in [3.63, 3.8) is 0 Å². The highest BCUT2D eigenvalue weighted by atomic mass is 16.4. The van der Waals surface area contributed by atoms with E-state index >= 15 is 0 Å². The van der Waals surface area contributed by atoms with E-state index in [1.807, 2.05) is 6.92 Å². The SMILES string of the molecule is CC1CCN(C(=O)NCCCCN(C)C(C)C)C1C(=O)O. The molecule has 1 fully saturated rings. The van der Waals surface area contributed by atoms with Crippen LogP contribution in [0.5, 0.6) is 0 Å². The van der Waals surface area contributed by atoms with Gasteiger partial charge in [-0.25, -0.2) is 9.59 Å². The second-order valence-corrected chi connectivity index (χ2v) is 6.26. The molecule has 6 nitrogen and oxygen atoms in total. The van der Waals surface area contributed by atoms with Crippen molar-refractivity contribution < 1.29 is 14.7 Å². The van der Waals surface area contributed by atoms with E-state index in [1.165, 1.54) is 4.90 Å². The third kappa shape index (κ3) is 5.19. The van der Waals surface area contributed by atoms with Crippen molar-refractivity contribution in [1.82, 2.24) is 15.1 Å². The fraction of sp³-hybridized carbons (Fsp3) is 0.867. The Labute approximate surface area is 127 Å². The van der Waals surface area contributed by atoms with E-state index in [-0.39, 0.29) is 11.9 Å². The lowest BCUT2D eigenvalue weighted by molar-refractivity contribution is -0.142. The Kier molecular flexibility index (Phi) is 6.95. The van der Waals surface area contributed by atoms with Gasteiger partial charge in [0.15, 0.2) is 0 Å². The zero-order valence-corrected chi connectivity index (χ0v) is 13.6. The van der Waals surface area contributed by atoms with Gasteiger partial charge in [0.2, 0.25) is 0 Å². The molecule has 0 radical (unpaired) electrons. The predicted molar refractivity (Wildman–Crippen MR) is 82.3 cm³/mol. The number of carbonyl (C=O) groups excluding carboxylic acids is 1. The van der Waals surface area contributed by atoms with E-state index in [4.69, 9.17) is 0 Å². The zero-order chi connectivity index (χ0) is 16.0. The van der Waals surface area contributed by atoms with Crippen LogP contribution in [0.2, 0.25) is 0 Å². The Morgan fingerprint density at radius 3 is 2.62 bits per heavy atom. The molecule has 21 heavy (non-hydrogen) atoms. The molecule has 0 saturated carbocycles. The third-order valence-corrected chi connectivity index (χ3v) is 4.31. The fourth-order valence-corrected chi connectivity index (χ4v) is 2.59. The number of rotatable bonds is 7. The number of carbonyl (C=O) groups is 2. The van der Waals surface area contributed by atoms with E-state index < -0.39 is 12.0 Å². The van der Waals surface area contributed by atoms with E-state index in [2.05, 4.69) is 31.1 Å². The van der Waals surface area contributed by atoms with Crippen LogP contribution < -0.4 is 5.32 Å². The molecule has 1 heterocycles. The summed E-state index contributed by atoms with van der Waals surface area (Å²) in [5, 5.41) is 12.0. The van der Waals surface area contributed by atoms with Gasteiger partial charge in [0, 0.05) is 19.1 Å². The fourth-order valence-electron chi connectivity index (χ4n) is 2.59. The van der Waals surface area contributed by atoms with Crippen LogP contribution in [0, 0.1) is 5.92 Å². The van der Waals surface area contributed by atoms with E-state index in [9.17, 15) is 14.7 Å².